The number of nitrogens with zero attached hydrogens (tertiary/aromatic N) is 2. The van der Waals surface area contributed by atoms with E-state index in [1.165, 1.54) is 19.3 Å². The summed E-state index contributed by atoms with van der Waals surface area (Å²) in [5, 5.41) is 0. The molecule has 2 N–H and O–H groups in total. The van der Waals surface area contributed by atoms with Crippen molar-refractivity contribution in [2.75, 3.05) is 26.2 Å². The van der Waals surface area contributed by atoms with Gasteiger partial charge < -0.3 is 10.6 Å². The summed E-state index contributed by atoms with van der Waals surface area (Å²) in [7, 11) is 0. The van der Waals surface area contributed by atoms with Crippen molar-refractivity contribution in [1.82, 2.24) is 9.80 Å². The molecule has 6 heteroatoms. The molecule has 0 aliphatic carbocycles. The third-order valence-corrected chi connectivity index (χ3v) is 5.26. The van der Waals surface area contributed by atoms with Gasteiger partial charge in [-0.15, -0.1) is 24.8 Å². The lowest BCUT2D eigenvalue weighted by molar-refractivity contribution is -0.140. The Morgan fingerprint density at radius 2 is 1.48 bits per heavy atom. The number of carbonyl (C=O) groups excluding carboxylic acids is 1. The number of likely N-dealkylation sites (tertiary alicyclic amines) is 2. The quantitative estimate of drug-likeness (QED) is 0.830. The first-order chi connectivity index (χ1) is 10.0. The fourth-order valence-corrected chi connectivity index (χ4v) is 3.89. The molecule has 0 bridgehead atoms. The molecule has 4 nitrogen and oxygen atoms in total. The minimum Gasteiger partial charge on any atom is -0.341 e. The first kappa shape index (κ1) is 23.0. The van der Waals surface area contributed by atoms with Crippen molar-refractivity contribution >= 4 is 30.7 Å². The zero-order valence-corrected chi connectivity index (χ0v) is 16.5. The summed E-state index contributed by atoms with van der Waals surface area (Å²) in [6, 6.07) is 0.336. The molecule has 2 aliphatic rings. The van der Waals surface area contributed by atoms with Gasteiger partial charge in [-0.25, -0.2) is 0 Å². The number of hydrogen-bond donors (Lipinski definition) is 1. The first-order valence-corrected chi connectivity index (χ1v) is 8.79. The number of halogens is 2. The molecular formula is C17H35Cl2N3O. The van der Waals surface area contributed by atoms with Gasteiger partial charge in [-0.3, -0.25) is 9.69 Å². The van der Waals surface area contributed by atoms with E-state index in [0.29, 0.717) is 17.7 Å². The molecular weight excluding hydrogens is 333 g/mol. The Morgan fingerprint density at radius 3 is 1.91 bits per heavy atom. The molecule has 0 spiro atoms. The van der Waals surface area contributed by atoms with E-state index in [0.717, 1.165) is 39.0 Å². The van der Waals surface area contributed by atoms with Crippen molar-refractivity contribution in [3.05, 3.63) is 0 Å². The molecule has 0 saturated carbocycles. The lowest BCUT2D eigenvalue weighted by Crippen LogP contribution is -2.54. The van der Waals surface area contributed by atoms with E-state index in [1.54, 1.807) is 0 Å². The minimum absolute atomic E-state index is 0. The summed E-state index contributed by atoms with van der Waals surface area (Å²) in [5.74, 6) is 1.33. The monoisotopic (exact) mass is 367 g/mol. The second-order valence-corrected chi connectivity index (χ2v) is 7.31. The van der Waals surface area contributed by atoms with Gasteiger partial charge in [-0.05, 0) is 57.5 Å². The van der Waals surface area contributed by atoms with Crippen LogP contribution >= 0.6 is 24.8 Å². The van der Waals surface area contributed by atoms with Crippen molar-refractivity contribution < 1.29 is 4.79 Å². The number of piperidine rings is 2. The molecule has 0 radical (unpaired) electrons. The van der Waals surface area contributed by atoms with E-state index >= 15 is 0 Å². The highest BCUT2D eigenvalue weighted by atomic mass is 35.5. The molecule has 0 aromatic rings. The van der Waals surface area contributed by atoms with Crippen molar-refractivity contribution in [3.8, 4) is 0 Å². The van der Waals surface area contributed by atoms with Crippen LogP contribution in [-0.4, -0.2) is 54.0 Å². The highest BCUT2D eigenvalue weighted by molar-refractivity contribution is 5.85. The van der Waals surface area contributed by atoms with Gasteiger partial charge in [0.25, 0.3) is 0 Å². The van der Waals surface area contributed by atoms with Gasteiger partial charge in [0, 0.05) is 19.1 Å². The second-order valence-electron chi connectivity index (χ2n) is 7.31. The van der Waals surface area contributed by atoms with Crippen LogP contribution in [-0.2, 0) is 4.79 Å². The molecule has 138 valence electrons. The standard InChI is InChI=1S/C17H33N3O.2ClH/c1-13(2)16(19-9-5-4-6-10-19)17(21)20-11-7-15(8-12-20)14(3)18;;/h13-16H,4-12,18H2,1-3H3;2*1H. The topological polar surface area (TPSA) is 49.6 Å². The van der Waals surface area contributed by atoms with E-state index in [2.05, 4.69) is 30.6 Å². The van der Waals surface area contributed by atoms with Crippen LogP contribution in [0.15, 0.2) is 0 Å². The smallest absolute Gasteiger partial charge is 0.240 e. The van der Waals surface area contributed by atoms with E-state index in [1.807, 2.05) is 0 Å². The fraction of sp³-hybridized carbons (Fsp3) is 0.941. The third-order valence-electron chi connectivity index (χ3n) is 5.26. The summed E-state index contributed by atoms with van der Waals surface area (Å²) >= 11 is 0. The Bertz CT molecular complexity index is 339. The summed E-state index contributed by atoms with van der Waals surface area (Å²) in [5.41, 5.74) is 6.00. The average Bonchev–Trinajstić information content (AvgIpc) is 2.48. The number of rotatable bonds is 4. The van der Waals surface area contributed by atoms with Crippen LogP contribution in [0.4, 0.5) is 0 Å². The van der Waals surface area contributed by atoms with Crippen molar-refractivity contribution in [3.63, 3.8) is 0 Å². The fourth-order valence-electron chi connectivity index (χ4n) is 3.89. The average molecular weight is 368 g/mol. The normalized spacial score (nSPS) is 22.9. The van der Waals surface area contributed by atoms with Crippen LogP contribution < -0.4 is 5.73 Å². The van der Waals surface area contributed by atoms with E-state index < -0.39 is 0 Å². The Morgan fingerprint density at radius 1 is 0.957 bits per heavy atom. The highest BCUT2D eigenvalue weighted by Gasteiger charge is 2.34. The maximum Gasteiger partial charge on any atom is 0.240 e. The predicted molar refractivity (Wildman–Crippen MR) is 101 cm³/mol. The van der Waals surface area contributed by atoms with Crippen molar-refractivity contribution in [1.29, 1.82) is 0 Å². The molecule has 2 saturated heterocycles. The van der Waals surface area contributed by atoms with E-state index in [4.69, 9.17) is 5.73 Å². The summed E-state index contributed by atoms with van der Waals surface area (Å²) in [6.07, 6.45) is 5.92. The Balaban J connectivity index is 0.00000242. The van der Waals surface area contributed by atoms with Gasteiger partial charge >= 0.3 is 0 Å². The lowest BCUT2D eigenvalue weighted by atomic mass is 9.90. The number of carbonyl (C=O) groups is 1. The van der Waals surface area contributed by atoms with Gasteiger partial charge in [-0.1, -0.05) is 20.3 Å². The molecule has 0 aromatic carbocycles. The largest absolute Gasteiger partial charge is 0.341 e. The Hall–Kier alpha value is -0.0300. The molecule has 2 fully saturated rings. The zero-order valence-electron chi connectivity index (χ0n) is 14.9. The maximum absolute atomic E-state index is 13.0. The molecule has 2 rings (SSSR count). The lowest BCUT2D eigenvalue weighted by Gasteiger charge is -2.41. The van der Waals surface area contributed by atoms with E-state index in [-0.39, 0.29) is 36.9 Å². The molecule has 2 heterocycles. The van der Waals surface area contributed by atoms with Crippen LogP contribution in [0.1, 0.15) is 52.9 Å². The molecule has 0 aromatic heterocycles. The van der Waals surface area contributed by atoms with Gasteiger partial charge in [0.2, 0.25) is 5.91 Å². The Kier molecular flexibility index (Phi) is 10.7. The Labute approximate surface area is 154 Å². The number of amides is 1. The van der Waals surface area contributed by atoms with Crippen LogP contribution in [0.3, 0.4) is 0 Å². The highest BCUT2D eigenvalue weighted by Crippen LogP contribution is 2.24. The van der Waals surface area contributed by atoms with Gasteiger partial charge in [0.15, 0.2) is 0 Å². The first-order valence-electron chi connectivity index (χ1n) is 8.79. The molecule has 1 amide bonds. The molecule has 2 atom stereocenters. The summed E-state index contributed by atoms with van der Waals surface area (Å²) in [4.78, 5) is 17.5. The van der Waals surface area contributed by atoms with Gasteiger partial charge in [0.05, 0.1) is 6.04 Å². The zero-order chi connectivity index (χ0) is 15.4. The van der Waals surface area contributed by atoms with Crippen molar-refractivity contribution in [2.24, 2.45) is 17.6 Å². The van der Waals surface area contributed by atoms with Crippen LogP contribution in [0.2, 0.25) is 0 Å². The predicted octanol–water partition coefficient (Wildman–Crippen LogP) is 2.93. The van der Waals surface area contributed by atoms with Crippen LogP contribution in [0.5, 0.6) is 0 Å². The SMILES string of the molecule is CC(C)C(C(=O)N1CCC(C(C)N)CC1)N1CCCCC1.Cl.Cl. The van der Waals surface area contributed by atoms with Crippen LogP contribution in [0.25, 0.3) is 0 Å². The minimum atomic E-state index is 0. The summed E-state index contributed by atoms with van der Waals surface area (Å²) < 4.78 is 0. The second kappa shape index (κ2) is 10.8. The third kappa shape index (κ3) is 6.08. The van der Waals surface area contributed by atoms with Gasteiger partial charge in [0.1, 0.15) is 0 Å². The molecule has 2 aliphatic heterocycles. The van der Waals surface area contributed by atoms with Crippen LogP contribution in [0, 0.1) is 11.8 Å². The van der Waals surface area contributed by atoms with E-state index in [9.17, 15) is 4.79 Å². The van der Waals surface area contributed by atoms with Gasteiger partial charge in [-0.2, -0.15) is 0 Å². The molecule has 2 unspecified atom stereocenters. The number of hydrogen-bond acceptors (Lipinski definition) is 3. The van der Waals surface area contributed by atoms with Crippen molar-refractivity contribution in [2.45, 2.75) is 65.0 Å². The molecule has 23 heavy (non-hydrogen) atoms. The maximum atomic E-state index is 13.0. The summed E-state index contributed by atoms with van der Waals surface area (Å²) in [6.45, 7) is 10.4. The number of nitrogens with two attached hydrogens (primary N) is 1.